The molecule has 0 unspecified atom stereocenters. The van der Waals surface area contributed by atoms with Crippen LogP contribution in [0.15, 0.2) is 24.3 Å². The van der Waals surface area contributed by atoms with E-state index in [4.69, 9.17) is 4.74 Å². The van der Waals surface area contributed by atoms with Crippen molar-refractivity contribution in [3.8, 4) is 5.75 Å². The Bertz CT molecular complexity index is 659. The van der Waals surface area contributed by atoms with E-state index in [2.05, 4.69) is 17.6 Å². The highest BCUT2D eigenvalue weighted by Crippen LogP contribution is 2.33. The number of nitrogens with zero attached hydrogens (tertiary/aromatic N) is 1. The molecule has 142 valence electrons. The maximum Gasteiger partial charge on any atom is 0.325 e. The predicted octanol–water partition coefficient (Wildman–Crippen LogP) is 2.16. The van der Waals surface area contributed by atoms with Crippen molar-refractivity contribution in [3.63, 3.8) is 0 Å². The molecule has 1 saturated heterocycles. The van der Waals surface area contributed by atoms with Crippen molar-refractivity contribution >= 4 is 17.8 Å². The van der Waals surface area contributed by atoms with Gasteiger partial charge in [-0.2, -0.15) is 0 Å². The molecule has 1 aromatic carbocycles. The van der Waals surface area contributed by atoms with Gasteiger partial charge in [0.25, 0.3) is 5.91 Å². The van der Waals surface area contributed by atoms with Gasteiger partial charge in [-0.25, -0.2) is 4.79 Å². The Balaban J connectivity index is 2.10. The van der Waals surface area contributed by atoms with Crippen LogP contribution in [-0.4, -0.2) is 42.9 Å². The van der Waals surface area contributed by atoms with E-state index in [-0.39, 0.29) is 12.5 Å². The van der Waals surface area contributed by atoms with Gasteiger partial charge in [-0.3, -0.25) is 14.5 Å². The monoisotopic (exact) mass is 361 g/mol. The Kier molecular flexibility index (Phi) is 6.60. The number of ether oxygens (including phenoxy) is 1. The van der Waals surface area contributed by atoms with Crippen LogP contribution in [-0.2, 0) is 15.1 Å². The Hall–Kier alpha value is -2.57. The standard InChI is InChI=1S/C19H27N3O4/c1-4-6-7-12-20-16(23)13-22-17(24)19(5-2,21-18(22)25)14-8-10-15(26-3)11-9-14/h8-11H,4-7,12-13H2,1-3H3,(H,20,23)(H,21,25)/t19-/m1/s1. The number of nitrogens with one attached hydrogen (secondary N) is 2. The van der Waals surface area contributed by atoms with Crippen molar-refractivity contribution < 1.29 is 19.1 Å². The second kappa shape index (κ2) is 8.69. The second-order valence-electron chi connectivity index (χ2n) is 6.37. The maximum atomic E-state index is 13.0. The first kappa shape index (κ1) is 19.8. The summed E-state index contributed by atoms with van der Waals surface area (Å²) in [6.07, 6.45) is 3.36. The number of amides is 4. The Labute approximate surface area is 154 Å². The molecule has 1 fully saturated rings. The van der Waals surface area contributed by atoms with Crippen LogP contribution in [0.3, 0.4) is 0 Å². The van der Waals surface area contributed by atoms with Crippen LogP contribution in [0.4, 0.5) is 4.79 Å². The van der Waals surface area contributed by atoms with Crippen molar-refractivity contribution in [1.29, 1.82) is 0 Å². The van der Waals surface area contributed by atoms with Crippen LogP contribution >= 0.6 is 0 Å². The first-order valence-electron chi connectivity index (χ1n) is 9.03. The van der Waals surface area contributed by atoms with Crippen molar-refractivity contribution in [3.05, 3.63) is 29.8 Å². The third kappa shape index (κ3) is 3.98. The van der Waals surface area contributed by atoms with E-state index >= 15 is 0 Å². The fourth-order valence-corrected chi connectivity index (χ4v) is 3.09. The van der Waals surface area contributed by atoms with Gasteiger partial charge in [0.15, 0.2) is 0 Å². The Morgan fingerprint density at radius 1 is 1.19 bits per heavy atom. The molecule has 2 N–H and O–H groups in total. The third-order valence-electron chi connectivity index (χ3n) is 4.69. The number of benzene rings is 1. The molecule has 2 rings (SSSR count). The lowest BCUT2D eigenvalue weighted by Gasteiger charge is -2.26. The summed E-state index contributed by atoms with van der Waals surface area (Å²) in [5, 5.41) is 5.53. The van der Waals surface area contributed by atoms with Gasteiger partial charge in [0.05, 0.1) is 7.11 Å². The lowest BCUT2D eigenvalue weighted by Crippen LogP contribution is -2.44. The fourth-order valence-electron chi connectivity index (χ4n) is 3.09. The highest BCUT2D eigenvalue weighted by atomic mass is 16.5. The number of unbranched alkanes of at least 4 members (excludes halogenated alkanes) is 2. The maximum absolute atomic E-state index is 13.0. The molecule has 1 atom stereocenters. The van der Waals surface area contributed by atoms with Gasteiger partial charge in [-0.15, -0.1) is 0 Å². The van der Waals surface area contributed by atoms with Crippen molar-refractivity contribution in [2.75, 3.05) is 20.2 Å². The molecule has 7 heteroatoms. The van der Waals surface area contributed by atoms with E-state index in [0.29, 0.717) is 24.3 Å². The summed E-state index contributed by atoms with van der Waals surface area (Å²) in [5.41, 5.74) is -0.476. The van der Waals surface area contributed by atoms with Gasteiger partial charge in [0.1, 0.15) is 17.8 Å². The number of rotatable bonds is 9. The topological polar surface area (TPSA) is 87.7 Å². The molecule has 0 aliphatic carbocycles. The minimum absolute atomic E-state index is 0.269. The van der Waals surface area contributed by atoms with Crippen LogP contribution in [0.25, 0.3) is 0 Å². The normalized spacial score (nSPS) is 19.4. The molecular weight excluding hydrogens is 334 g/mol. The first-order valence-corrected chi connectivity index (χ1v) is 9.03. The Morgan fingerprint density at radius 2 is 1.88 bits per heavy atom. The summed E-state index contributed by atoms with van der Waals surface area (Å²) in [4.78, 5) is 38.4. The van der Waals surface area contributed by atoms with Crippen LogP contribution in [0.1, 0.15) is 45.1 Å². The Morgan fingerprint density at radius 3 is 2.46 bits per heavy atom. The first-order chi connectivity index (χ1) is 12.5. The van der Waals surface area contributed by atoms with Gasteiger partial charge < -0.3 is 15.4 Å². The predicted molar refractivity (Wildman–Crippen MR) is 97.7 cm³/mol. The van der Waals surface area contributed by atoms with E-state index in [1.807, 2.05) is 6.92 Å². The molecule has 0 bridgehead atoms. The summed E-state index contributed by atoms with van der Waals surface area (Å²) in [6.45, 7) is 4.19. The van der Waals surface area contributed by atoms with E-state index < -0.39 is 17.5 Å². The summed E-state index contributed by atoms with van der Waals surface area (Å²) in [6, 6.07) is 6.46. The second-order valence-corrected chi connectivity index (χ2v) is 6.37. The zero-order valence-electron chi connectivity index (χ0n) is 15.6. The van der Waals surface area contributed by atoms with E-state index in [1.54, 1.807) is 31.4 Å². The van der Waals surface area contributed by atoms with Crippen molar-refractivity contribution in [2.45, 2.75) is 45.1 Å². The van der Waals surface area contributed by atoms with Crippen LogP contribution in [0, 0.1) is 0 Å². The number of methoxy groups -OCH3 is 1. The highest BCUT2D eigenvalue weighted by molar-refractivity contribution is 6.09. The molecular formula is C19H27N3O4. The number of carbonyl (C=O) groups excluding carboxylic acids is 3. The number of urea groups is 1. The number of carbonyl (C=O) groups is 3. The lowest BCUT2D eigenvalue weighted by molar-refractivity contribution is -0.135. The average Bonchev–Trinajstić information content (AvgIpc) is 2.90. The summed E-state index contributed by atoms with van der Waals surface area (Å²) in [5.74, 6) is -0.0646. The number of hydrogen-bond acceptors (Lipinski definition) is 4. The molecule has 0 aromatic heterocycles. The molecule has 26 heavy (non-hydrogen) atoms. The van der Waals surface area contributed by atoms with Gasteiger partial charge in [-0.05, 0) is 30.5 Å². The minimum Gasteiger partial charge on any atom is -0.497 e. The molecule has 0 saturated carbocycles. The molecule has 1 heterocycles. The van der Waals surface area contributed by atoms with E-state index in [1.165, 1.54) is 0 Å². The smallest absolute Gasteiger partial charge is 0.325 e. The van der Waals surface area contributed by atoms with Crippen LogP contribution in [0.5, 0.6) is 5.75 Å². The van der Waals surface area contributed by atoms with Crippen molar-refractivity contribution in [2.24, 2.45) is 0 Å². The molecule has 1 aliphatic heterocycles. The van der Waals surface area contributed by atoms with Crippen molar-refractivity contribution in [1.82, 2.24) is 15.5 Å². The highest BCUT2D eigenvalue weighted by Gasteiger charge is 2.51. The zero-order valence-corrected chi connectivity index (χ0v) is 15.6. The van der Waals surface area contributed by atoms with Gasteiger partial charge in [0, 0.05) is 6.54 Å². The molecule has 0 radical (unpaired) electrons. The molecule has 4 amide bonds. The van der Waals surface area contributed by atoms with Gasteiger partial charge in [0.2, 0.25) is 5.91 Å². The fraction of sp³-hybridized carbons (Fsp3) is 0.526. The SMILES string of the molecule is CCCCCNC(=O)CN1C(=O)N[C@](CC)(c2ccc(OC)cc2)C1=O. The zero-order chi connectivity index (χ0) is 19.2. The van der Waals surface area contributed by atoms with Crippen LogP contribution in [0.2, 0.25) is 0 Å². The minimum atomic E-state index is -1.15. The quantitative estimate of drug-likeness (QED) is 0.521. The molecule has 0 spiro atoms. The lowest BCUT2D eigenvalue weighted by atomic mass is 9.87. The number of hydrogen-bond donors (Lipinski definition) is 2. The summed E-state index contributed by atoms with van der Waals surface area (Å²) >= 11 is 0. The summed E-state index contributed by atoms with van der Waals surface area (Å²) in [7, 11) is 1.56. The van der Waals surface area contributed by atoms with Crippen LogP contribution < -0.4 is 15.4 Å². The number of imide groups is 1. The van der Waals surface area contributed by atoms with E-state index in [0.717, 1.165) is 24.2 Å². The molecule has 1 aromatic rings. The van der Waals surface area contributed by atoms with E-state index in [9.17, 15) is 14.4 Å². The molecule has 7 nitrogen and oxygen atoms in total. The largest absolute Gasteiger partial charge is 0.497 e. The van der Waals surface area contributed by atoms with Gasteiger partial charge in [-0.1, -0.05) is 38.8 Å². The summed E-state index contributed by atoms with van der Waals surface area (Å²) < 4.78 is 5.14. The third-order valence-corrected chi connectivity index (χ3v) is 4.69. The van der Waals surface area contributed by atoms with Gasteiger partial charge >= 0.3 is 6.03 Å². The average molecular weight is 361 g/mol. The molecule has 1 aliphatic rings.